The molecule has 4 rings (SSSR count). The molecule has 3 aromatic rings. The number of aliphatic imine (C=N–C) groups is 1. The molecule has 0 unspecified atom stereocenters. The van der Waals surface area contributed by atoms with Crippen molar-refractivity contribution in [2.24, 2.45) is 4.99 Å². The largest absolute Gasteiger partial charge is 0.352 e. The Hall–Kier alpha value is -4.11. The van der Waals surface area contributed by atoms with Crippen LogP contribution in [0.1, 0.15) is 18.1 Å². The van der Waals surface area contributed by atoms with E-state index < -0.39 is 0 Å². The lowest BCUT2D eigenvalue weighted by Crippen LogP contribution is -2.56. The number of aromatic nitrogens is 3. The van der Waals surface area contributed by atoms with Crippen LogP contribution in [0.2, 0.25) is 0 Å². The van der Waals surface area contributed by atoms with Gasteiger partial charge in [-0.15, -0.1) is 4.99 Å². The second kappa shape index (κ2) is 8.10. The second-order valence-corrected chi connectivity index (χ2v) is 7.23. The molecular weight excluding hydrogens is 378 g/mol. The second-order valence-electron chi connectivity index (χ2n) is 7.23. The zero-order valence-corrected chi connectivity index (χ0v) is 16.8. The highest BCUT2D eigenvalue weighted by molar-refractivity contribution is 5.95. The molecule has 1 aliphatic rings. The van der Waals surface area contributed by atoms with Crippen LogP contribution in [0, 0.1) is 29.7 Å². The van der Waals surface area contributed by atoms with Gasteiger partial charge in [-0.3, -0.25) is 0 Å². The number of aromatic amines is 1. The summed E-state index contributed by atoms with van der Waals surface area (Å²) in [5.41, 5.74) is 3.21. The molecule has 0 aliphatic carbocycles. The van der Waals surface area contributed by atoms with Crippen molar-refractivity contribution in [3.8, 4) is 12.3 Å². The minimum atomic E-state index is 0.0850. The summed E-state index contributed by atoms with van der Waals surface area (Å²) in [5.74, 6) is 1.39. The van der Waals surface area contributed by atoms with E-state index in [0.29, 0.717) is 18.1 Å². The molecule has 9 nitrogen and oxygen atoms in total. The molecule has 0 radical (unpaired) electrons. The first kappa shape index (κ1) is 19.2. The topological polar surface area (TPSA) is 120 Å². The van der Waals surface area contributed by atoms with Gasteiger partial charge in [-0.25, -0.2) is 9.97 Å². The van der Waals surface area contributed by atoms with Crippen molar-refractivity contribution in [1.29, 1.82) is 10.5 Å². The highest BCUT2D eigenvalue weighted by Crippen LogP contribution is 2.27. The molecule has 0 amide bonds. The van der Waals surface area contributed by atoms with Gasteiger partial charge in [-0.1, -0.05) is 6.07 Å². The lowest BCUT2D eigenvalue weighted by Gasteiger charge is -2.41. The molecule has 1 atom stereocenters. The molecule has 9 heteroatoms. The van der Waals surface area contributed by atoms with Crippen LogP contribution in [0.4, 0.5) is 11.5 Å². The molecule has 2 N–H and O–H groups in total. The minimum absolute atomic E-state index is 0.0850. The molecular formula is C21H21N9. The number of nitrogens with one attached hydrogen (secondary N) is 2. The van der Waals surface area contributed by atoms with E-state index in [2.05, 4.69) is 48.1 Å². The zero-order chi connectivity index (χ0) is 21.1. The van der Waals surface area contributed by atoms with E-state index in [1.54, 1.807) is 24.5 Å². The van der Waals surface area contributed by atoms with E-state index in [-0.39, 0.29) is 6.04 Å². The van der Waals surface area contributed by atoms with Crippen LogP contribution >= 0.6 is 0 Å². The fourth-order valence-corrected chi connectivity index (χ4v) is 3.81. The van der Waals surface area contributed by atoms with Crippen molar-refractivity contribution in [2.45, 2.75) is 19.9 Å². The van der Waals surface area contributed by atoms with E-state index in [4.69, 9.17) is 5.26 Å². The van der Waals surface area contributed by atoms with Crippen LogP contribution < -0.4 is 10.2 Å². The van der Waals surface area contributed by atoms with Crippen molar-refractivity contribution >= 4 is 28.5 Å². The molecule has 1 saturated heterocycles. The fraction of sp³-hybridized carbons (Fsp3) is 0.286. The quantitative estimate of drug-likeness (QED) is 0.386. The first-order chi connectivity index (χ1) is 14.6. The minimum Gasteiger partial charge on any atom is -0.352 e. The molecule has 0 saturated carbocycles. The third kappa shape index (κ3) is 3.61. The first-order valence-electron chi connectivity index (χ1n) is 9.65. The van der Waals surface area contributed by atoms with Crippen molar-refractivity contribution in [3.05, 3.63) is 47.9 Å². The number of fused-ring (bicyclic) bond motifs is 1. The molecule has 1 fully saturated rings. The number of nitriles is 2. The molecule has 2 aromatic heterocycles. The normalized spacial score (nSPS) is 16.9. The van der Waals surface area contributed by atoms with Crippen molar-refractivity contribution < 1.29 is 0 Å². The van der Waals surface area contributed by atoms with Crippen LogP contribution in [0.5, 0.6) is 0 Å². The zero-order valence-electron chi connectivity index (χ0n) is 16.8. The first-order valence-corrected chi connectivity index (χ1v) is 9.65. The Morgan fingerprint density at radius 2 is 2.17 bits per heavy atom. The van der Waals surface area contributed by atoms with Crippen LogP contribution in [0.15, 0.2) is 41.8 Å². The van der Waals surface area contributed by atoms with Gasteiger partial charge in [0.25, 0.3) is 0 Å². The van der Waals surface area contributed by atoms with Crippen LogP contribution in [-0.4, -0.2) is 51.5 Å². The van der Waals surface area contributed by atoms with E-state index in [1.165, 1.54) is 0 Å². The van der Waals surface area contributed by atoms with Gasteiger partial charge in [0, 0.05) is 37.6 Å². The maximum atomic E-state index is 9.20. The predicted octanol–water partition coefficient (Wildman–Crippen LogP) is 2.60. The summed E-state index contributed by atoms with van der Waals surface area (Å²) in [4.78, 5) is 20.4. The molecule has 3 heterocycles. The molecule has 150 valence electrons. The number of piperazine rings is 1. The Morgan fingerprint density at radius 1 is 1.30 bits per heavy atom. The maximum absolute atomic E-state index is 9.20. The number of aryl methyl sites for hydroxylation is 1. The number of hydrogen-bond acceptors (Lipinski definition) is 6. The number of benzene rings is 1. The van der Waals surface area contributed by atoms with Gasteiger partial charge in [0.1, 0.15) is 17.8 Å². The molecule has 30 heavy (non-hydrogen) atoms. The SMILES string of the molecule is Cc1c[nH]c2ncnc(N3CCN(/C(=N/C#N)Nc4cccc(C#N)c4)[C@@H](C)C3)c12. The van der Waals surface area contributed by atoms with Crippen LogP contribution in [0.3, 0.4) is 0 Å². The van der Waals surface area contributed by atoms with Gasteiger partial charge in [0.2, 0.25) is 12.2 Å². The van der Waals surface area contributed by atoms with Crippen LogP contribution in [-0.2, 0) is 0 Å². The Balaban J connectivity index is 1.55. The van der Waals surface area contributed by atoms with Crippen molar-refractivity contribution in [1.82, 2.24) is 19.9 Å². The van der Waals surface area contributed by atoms with Gasteiger partial charge in [-0.05, 0) is 37.6 Å². The molecule has 0 spiro atoms. The van der Waals surface area contributed by atoms with Crippen molar-refractivity contribution in [2.75, 3.05) is 29.9 Å². The summed E-state index contributed by atoms with van der Waals surface area (Å²) in [6, 6.07) is 9.32. The average Bonchev–Trinajstić information content (AvgIpc) is 3.15. The lowest BCUT2D eigenvalue weighted by atomic mass is 10.1. The Morgan fingerprint density at radius 3 is 2.93 bits per heavy atom. The standard InChI is InChI=1S/C21H21N9/c1-14-10-24-19-18(14)20(27-13-26-19)29-6-7-30(15(2)11-29)21(25-12-23)28-17-5-3-4-16(8-17)9-22/h3-5,8,10,13,15H,6-7,11H2,1-2H3,(H,25,28)(H,24,26,27)/t15-/m0/s1. The predicted molar refractivity (Wildman–Crippen MR) is 115 cm³/mol. The summed E-state index contributed by atoms with van der Waals surface area (Å²) < 4.78 is 0. The van der Waals surface area contributed by atoms with Gasteiger partial charge in [0.05, 0.1) is 17.0 Å². The highest BCUT2D eigenvalue weighted by Gasteiger charge is 2.28. The summed E-state index contributed by atoms with van der Waals surface area (Å²) in [6.45, 7) is 6.26. The third-order valence-corrected chi connectivity index (χ3v) is 5.25. The summed E-state index contributed by atoms with van der Waals surface area (Å²) in [6.07, 6.45) is 5.41. The number of anilines is 2. The number of nitrogens with zero attached hydrogens (tertiary/aromatic N) is 7. The van der Waals surface area contributed by atoms with E-state index in [1.807, 2.05) is 25.4 Å². The number of rotatable bonds is 2. The van der Waals surface area contributed by atoms with Gasteiger partial charge < -0.3 is 20.1 Å². The highest BCUT2D eigenvalue weighted by atomic mass is 15.4. The number of H-pyrrole nitrogens is 1. The molecule has 1 aromatic carbocycles. The van der Waals surface area contributed by atoms with Gasteiger partial charge >= 0.3 is 0 Å². The van der Waals surface area contributed by atoms with Crippen LogP contribution in [0.25, 0.3) is 11.0 Å². The third-order valence-electron chi connectivity index (χ3n) is 5.25. The molecule has 1 aliphatic heterocycles. The molecule has 0 bridgehead atoms. The van der Waals surface area contributed by atoms with Gasteiger partial charge in [-0.2, -0.15) is 10.5 Å². The van der Waals surface area contributed by atoms with E-state index in [9.17, 15) is 5.26 Å². The van der Waals surface area contributed by atoms with Crippen molar-refractivity contribution in [3.63, 3.8) is 0 Å². The fourth-order valence-electron chi connectivity index (χ4n) is 3.81. The summed E-state index contributed by atoms with van der Waals surface area (Å²) in [7, 11) is 0. The Bertz CT molecular complexity index is 1180. The maximum Gasteiger partial charge on any atom is 0.214 e. The summed E-state index contributed by atoms with van der Waals surface area (Å²) in [5, 5.41) is 22.6. The Labute approximate surface area is 174 Å². The van der Waals surface area contributed by atoms with E-state index >= 15 is 0 Å². The average molecular weight is 399 g/mol. The monoisotopic (exact) mass is 399 g/mol. The van der Waals surface area contributed by atoms with E-state index in [0.717, 1.165) is 41.2 Å². The number of hydrogen-bond donors (Lipinski definition) is 2. The van der Waals surface area contributed by atoms with Gasteiger partial charge in [0.15, 0.2) is 0 Å². The lowest BCUT2D eigenvalue weighted by molar-refractivity contribution is 0.297. The summed E-state index contributed by atoms with van der Waals surface area (Å²) >= 11 is 0. The Kier molecular flexibility index (Phi) is 5.19. The smallest absolute Gasteiger partial charge is 0.214 e. The number of guanidine groups is 1.